The lowest BCUT2D eigenvalue weighted by Crippen LogP contribution is -2.34. The highest BCUT2D eigenvalue weighted by molar-refractivity contribution is 5.94. The molecule has 34 heavy (non-hydrogen) atoms. The second-order valence-electron chi connectivity index (χ2n) is 8.27. The fourth-order valence-corrected chi connectivity index (χ4v) is 4.14. The van der Waals surface area contributed by atoms with Gasteiger partial charge < -0.3 is 20.5 Å². The second kappa shape index (κ2) is 9.78. The Morgan fingerprint density at radius 2 is 1.68 bits per heavy atom. The first-order valence-corrected chi connectivity index (χ1v) is 11.0. The van der Waals surface area contributed by atoms with Crippen LogP contribution in [0.2, 0.25) is 0 Å². The van der Waals surface area contributed by atoms with Crippen molar-refractivity contribution in [2.45, 2.75) is 19.4 Å². The van der Waals surface area contributed by atoms with E-state index in [-0.39, 0.29) is 31.3 Å². The van der Waals surface area contributed by atoms with Gasteiger partial charge in [0.25, 0.3) is 5.91 Å². The average molecular weight is 463 g/mol. The molecule has 0 saturated carbocycles. The van der Waals surface area contributed by atoms with Crippen LogP contribution in [-0.4, -0.2) is 46.0 Å². The van der Waals surface area contributed by atoms with E-state index in [1.165, 1.54) is 17.8 Å². The number of carboxylic acid groups (broad SMARTS) is 1. The van der Waals surface area contributed by atoms with Crippen LogP contribution in [-0.2, 0) is 23.1 Å². The van der Waals surface area contributed by atoms with Gasteiger partial charge in [-0.1, -0.05) is 55.5 Å². The van der Waals surface area contributed by atoms with Gasteiger partial charge in [0.2, 0.25) is 0 Å². The topological polar surface area (TPSA) is 123 Å². The highest BCUT2D eigenvalue weighted by atomic mass is 16.5. The molecule has 2 amide bonds. The third kappa shape index (κ3) is 4.63. The van der Waals surface area contributed by atoms with Crippen LogP contribution in [0.15, 0.2) is 54.7 Å². The van der Waals surface area contributed by atoms with E-state index in [0.717, 1.165) is 22.3 Å². The first-order chi connectivity index (χ1) is 16.4. The van der Waals surface area contributed by atoms with Crippen molar-refractivity contribution in [1.82, 2.24) is 20.4 Å². The number of aromatic nitrogens is 2. The number of fused-ring (bicyclic) bond motifs is 3. The van der Waals surface area contributed by atoms with Gasteiger partial charge >= 0.3 is 12.1 Å². The van der Waals surface area contributed by atoms with Crippen molar-refractivity contribution < 1.29 is 24.2 Å². The van der Waals surface area contributed by atoms with Crippen LogP contribution in [0.25, 0.3) is 11.1 Å². The van der Waals surface area contributed by atoms with E-state index in [1.807, 2.05) is 36.4 Å². The normalized spacial score (nSPS) is 13.0. The predicted molar refractivity (Wildman–Crippen MR) is 124 cm³/mol. The number of hydrogen-bond acceptors (Lipinski definition) is 5. The van der Waals surface area contributed by atoms with E-state index in [0.29, 0.717) is 5.56 Å². The summed E-state index contributed by atoms with van der Waals surface area (Å²) in [4.78, 5) is 36.0. The summed E-state index contributed by atoms with van der Waals surface area (Å²) < 4.78 is 6.92. The highest BCUT2D eigenvalue weighted by Crippen LogP contribution is 2.44. The number of ether oxygens (including phenoxy) is 1. The van der Waals surface area contributed by atoms with Gasteiger partial charge in [0.1, 0.15) is 12.3 Å². The Kier molecular flexibility index (Phi) is 6.62. The third-order valence-corrected chi connectivity index (χ3v) is 5.99. The molecule has 1 aliphatic rings. The summed E-state index contributed by atoms with van der Waals surface area (Å²) in [6.07, 6.45) is 0.885. The Morgan fingerprint density at radius 3 is 2.29 bits per heavy atom. The number of benzene rings is 2. The van der Waals surface area contributed by atoms with Crippen molar-refractivity contribution in [3.63, 3.8) is 0 Å². The van der Waals surface area contributed by atoms with E-state index >= 15 is 0 Å². The minimum atomic E-state index is -0.998. The first kappa shape index (κ1) is 23.0. The largest absolute Gasteiger partial charge is 0.481 e. The van der Waals surface area contributed by atoms with E-state index in [2.05, 4.69) is 27.9 Å². The number of nitrogens with one attached hydrogen (secondary N) is 2. The lowest BCUT2D eigenvalue weighted by atomic mass is 9.98. The molecule has 1 heterocycles. The quantitative estimate of drug-likeness (QED) is 0.473. The van der Waals surface area contributed by atoms with Crippen molar-refractivity contribution in [1.29, 1.82) is 0 Å². The molecule has 1 aliphatic carbocycles. The fourth-order valence-electron chi connectivity index (χ4n) is 4.14. The summed E-state index contributed by atoms with van der Waals surface area (Å²) in [7, 11) is 1.60. The molecule has 4 rings (SSSR count). The molecule has 0 radical (unpaired) electrons. The molecule has 9 nitrogen and oxygen atoms in total. The molecule has 2 aromatic carbocycles. The molecule has 3 aromatic rings. The summed E-state index contributed by atoms with van der Waals surface area (Å²) >= 11 is 0. The van der Waals surface area contributed by atoms with Gasteiger partial charge in [0, 0.05) is 25.1 Å². The van der Waals surface area contributed by atoms with Gasteiger partial charge in [-0.25, -0.2) is 4.79 Å². The van der Waals surface area contributed by atoms with Crippen LogP contribution in [0, 0.1) is 5.92 Å². The molecule has 0 saturated heterocycles. The highest BCUT2D eigenvalue weighted by Gasteiger charge is 2.29. The van der Waals surface area contributed by atoms with Gasteiger partial charge in [0.15, 0.2) is 0 Å². The minimum Gasteiger partial charge on any atom is -0.481 e. The Morgan fingerprint density at radius 1 is 1.06 bits per heavy atom. The maximum absolute atomic E-state index is 12.5. The smallest absolute Gasteiger partial charge is 0.407 e. The molecule has 3 N–H and O–H groups in total. The zero-order chi connectivity index (χ0) is 24.2. The number of aryl methyl sites for hydroxylation is 1. The lowest BCUT2D eigenvalue weighted by Gasteiger charge is -2.15. The molecule has 0 aliphatic heterocycles. The Bertz CT molecular complexity index is 1190. The number of hydrogen-bond donors (Lipinski definition) is 3. The number of amides is 2. The SMILES string of the molecule is CC(CNC(=O)c1c(CNC(=O)OCC2c3ccccc3-c3ccccc32)cnn1C)C(=O)O. The standard InChI is InChI=1S/C25H26N4O5/c1-15(24(31)32)11-26-23(30)22-16(13-28-29(22)2)12-27-25(33)34-14-21-19-9-5-3-7-17(19)18-8-4-6-10-20(18)21/h3-10,13,15,21H,11-12,14H2,1-2H3,(H,26,30)(H,27,33)(H,31,32). The molecular weight excluding hydrogens is 436 g/mol. The number of carbonyl (C=O) groups excluding carboxylic acids is 2. The Hall–Kier alpha value is -4.14. The fraction of sp³-hybridized carbons (Fsp3) is 0.280. The summed E-state index contributed by atoms with van der Waals surface area (Å²) in [5.41, 5.74) is 5.29. The van der Waals surface area contributed by atoms with E-state index in [1.54, 1.807) is 7.05 Å². The number of rotatable bonds is 8. The van der Waals surface area contributed by atoms with Crippen molar-refractivity contribution in [2.75, 3.05) is 13.2 Å². The van der Waals surface area contributed by atoms with Crippen LogP contribution in [0.5, 0.6) is 0 Å². The monoisotopic (exact) mass is 462 g/mol. The van der Waals surface area contributed by atoms with Crippen molar-refractivity contribution >= 4 is 18.0 Å². The number of alkyl carbamates (subject to hydrolysis) is 1. The Labute approximate surface area is 196 Å². The number of nitrogens with zero attached hydrogens (tertiary/aromatic N) is 2. The molecule has 0 spiro atoms. The zero-order valence-electron chi connectivity index (χ0n) is 18.9. The van der Waals surface area contributed by atoms with Crippen molar-refractivity contribution in [2.24, 2.45) is 13.0 Å². The summed E-state index contributed by atoms with van der Waals surface area (Å²) in [6.45, 7) is 1.72. The Balaban J connectivity index is 1.36. The molecule has 176 valence electrons. The van der Waals surface area contributed by atoms with Gasteiger partial charge in [-0.15, -0.1) is 0 Å². The van der Waals surface area contributed by atoms with Gasteiger partial charge in [0.05, 0.1) is 18.7 Å². The minimum absolute atomic E-state index is 0.0153. The van der Waals surface area contributed by atoms with E-state index in [9.17, 15) is 14.4 Å². The molecule has 9 heteroatoms. The van der Waals surface area contributed by atoms with Crippen molar-refractivity contribution in [3.05, 3.63) is 77.1 Å². The molecule has 1 aromatic heterocycles. The maximum atomic E-state index is 12.5. The van der Waals surface area contributed by atoms with Crippen LogP contribution in [0.1, 0.15) is 40.0 Å². The van der Waals surface area contributed by atoms with E-state index < -0.39 is 23.9 Å². The van der Waals surface area contributed by atoms with Gasteiger partial charge in [-0.2, -0.15) is 5.10 Å². The van der Waals surface area contributed by atoms with Crippen molar-refractivity contribution in [3.8, 4) is 11.1 Å². The molecule has 1 unspecified atom stereocenters. The van der Waals surface area contributed by atoms with E-state index in [4.69, 9.17) is 9.84 Å². The molecule has 1 atom stereocenters. The number of carboxylic acids is 1. The maximum Gasteiger partial charge on any atom is 0.407 e. The molecular formula is C25H26N4O5. The first-order valence-electron chi connectivity index (χ1n) is 11.0. The second-order valence-corrected chi connectivity index (χ2v) is 8.27. The summed E-state index contributed by atoms with van der Waals surface area (Å²) in [6, 6.07) is 16.2. The van der Waals surface area contributed by atoms with Gasteiger partial charge in [-0.3, -0.25) is 14.3 Å². The molecule has 0 bridgehead atoms. The van der Waals surface area contributed by atoms with Crippen LogP contribution in [0.3, 0.4) is 0 Å². The summed E-state index contributed by atoms with van der Waals surface area (Å²) in [5, 5.41) is 18.3. The number of aliphatic carboxylic acids is 1. The van der Waals surface area contributed by atoms with Crippen LogP contribution >= 0.6 is 0 Å². The van der Waals surface area contributed by atoms with Gasteiger partial charge in [-0.05, 0) is 22.3 Å². The predicted octanol–water partition coefficient (Wildman–Crippen LogP) is 2.91. The number of carbonyl (C=O) groups is 3. The average Bonchev–Trinajstić information content (AvgIpc) is 3.37. The molecule has 0 fully saturated rings. The summed E-state index contributed by atoms with van der Waals surface area (Å²) in [5.74, 6) is -2.23. The third-order valence-electron chi connectivity index (χ3n) is 5.99. The van der Waals surface area contributed by atoms with Crippen LogP contribution < -0.4 is 10.6 Å². The zero-order valence-corrected chi connectivity index (χ0v) is 18.9. The van der Waals surface area contributed by atoms with Crippen LogP contribution in [0.4, 0.5) is 4.79 Å². The lowest BCUT2D eigenvalue weighted by molar-refractivity contribution is -0.140.